The van der Waals surface area contributed by atoms with E-state index in [1.807, 2.05) is 24.6 Å². The average Bonchev–Trinajstić information content (AvgIpc) is 3.05. The number of amidine groups is 1. The molecule has 3 aliphatic rings. The molecule has 1 aromatic heterocycles. The Morgan fingerprint density at radius 1 is 1.38 bits per heavy atom. The van der Waals surface area contributed by atoms with E-state index in [4.69, 9.17) is 0 Å². The average molecular weight is 285 g/mol. The third-order valence-corrected chi connectivity index (χ3v) is 3.90. The van der Waals surface area contributed by atoms with Crippen LogP contribution >= 0.6 is 0 Å². The van der Waals surface area contributed by atoms with E-state index in [0.29, 0.717) is 5.92 Å². The number of nitrogens with zero attached hydrogens (tertiary/aromatic N) is 5. The van der Waals surface area contributed by atoms with Gasteiger partial charge in [0.2, 0.25) is 0 Å². The molecule has 2 N–H and O–H groups in total. The van der Waals surface area contributed by atoms with E-state index < -0.39 is 0 Å². The summed E-state index contributed by atoms with van der Waals surface area (Å²) in [5.41, 5.74) is 3.20. The summed E-state index contributed by atoms with van der Waals surface area (Å²) in [4.78, 5) is 7.74. The van der Waals surface area contributed by atoms with Crippen LogP contribution in [-0.2, 0) is 0 Å². The van der Waals surface area contributed by atoms with E-state index in [1.165, 1.54) is 0 Å². The van der Waals surface area contributed by atoms with E-state index in [1.54, 1.807) is 6.33 Å². The van der Waals surface area contributed by atoms with Gasteiger partial charge in [-0.1, -0.05) is 19.9 Å². The van der Waals surface area contributed by atoms with Crippen LogP contribution in [0.25, 0.3) is 0 Å². The number of dihydropyridines is 1. The summed E-state index contributed by atoms with van der Waals surface area (Å²) in [6.45, 7) is 5.32. The van der Waals surface area contributed by atoms with Crippen molar-refractivity contribution in [1.82, 2.24) is 30.5 Å². The molecule has 0 fully saturated rings. The fourth-order valence-electron chi connectivity index (χ4n) is 3.03. The molecule has 1 unspecified atom stereocenters. The van der Waals surface area contributed by atoms with Gasteiger partial charge in [0.05, 0.1) is 23.6 Å². The lowest BCUT2D eigenvalue weighted by Crippen LogP contribution is -2.50. The Kier molecular flexibility index (Phi) is 2.58. The van der Waals surface area contributed by atoms with Gasteiger partial charge in [0.15, 0.2) is 5.84 Å². The minimum atomic E-state index is 0.184. The lowest BCUT2D eigenvalue weighted by Gasteiger charge is -2.40. The molecule has 0 radical (unpaired) electrons. The zero-order valence-corrected chi connectivity index (χ0v) is 12.4. The van der Waals surface area contributed by atoms with Crippen molar-refractivity contribution < 1.29 is 0 Å². The number of nitrogens with one attached hydrogen (secondary N) is 2. The van der Waals surface area contributed by atoms with Crippen molar-refractivity contribution in [3.63, 3.8) is 0 Å². The van der Waals surface area contributed by atoms with Gasteiger partial charge in [-0.25, -0.2) is 15.1 Å². The zero-order valence-electron chi connectivity index (χ0n) is 12.4. The van der Waals surface area contributed by atoms with Gasteiger partial charge in [0, 0.05) is 19.8 Å². The Labute approximate surface area is 123 Å². The predicted octanol–water partition coefficient (Wildman–Crippen LogP) is 1.16. The molecule has 0 amide bonds. The number of hydrazine groups is 2. The summed E-state index contributed by atoms with van der Waals surface area (Å²) in [6, 6.07) is 0. The SMILES string of the molecule is CC(C)CN1N(C)N=C2c3nc[nH]c3C3C=CNC=C3N21. The first-order chi connectivity index (χ1) is 10.2. The standard InChI is InChI=1S/C14H19N7/c1-9(2)7-20-19(3)18-14-13-12(16-8-17-13)10-4-5-15-6-11(10)21(14)20/h4-6,8-10,15H,7H2,1-3H3,(H,16,17). The van der Waals surface area contributed by atoms with Gasteiger partial charge in [-0.3, -0.25) is 0 Å². The van der Waals surface area contributed by atoms with E-state index in [0.717, 1.165) is 29.5 Å². The lowest BCUT2D eigenvalue weighted by atomic mass is 9.94. The van der Waals surface area contributed by atoms with Crippen molar-refractivity contribution in [3.8, 4) is 0 Å². The Balaban J connectivity index is 1.83. The number of rotatable bonds is 2. The van der Waals surface area contributed by atoms with Crippen molar-refractivity contribution in [3.05, 3.63) is 41.9 Å². The quantitative estimate of drug-likeness (QED) is 0.854. The van der Waals surface area contributed by atoms with Gasteiger partial charge in [0.25, 0.3) is 0 Å². The van der Waals surface area contributed by atoms with Gasteiger partial charge in [-0.15, -0.1) is 10.2 Å². The molecular weight excluding hydrogens is 266 g/mol. The number of hydrogen-bond donors (Lipinski definition) is 2. The van der Waals surface area contributed by atoms with Crippen LogP contribution in [0.1, 0.15) is 31.2 Å². The highest BCUT2D eigenvalue weighted by molar-refractivity contribution is 6.01. The monoisotopic (exact) mass is 285 g/mol. The van der Waals surface area contributed by atoms with Crippen LogP contribution in [0.4, 0.5) is 0 Å². The summed E-state index contributed by atoms with van der Waals surface area (Å²) in [7, 11) is 1.97. The number of imidazole rings is 1. The highest BCUT2D eigenvalue weighted by atomic mass is 16.0. The molecule has 1 aromatic rings. The van der Waals surface area contributed by atoms with Crippen LogP contribution in [0.15, 0.2) is 35.6 Å². The molecule has 3 aliphatic heterocycles. The highest BCUT2D eigenvalue weighted by Gasteiger charge is 2.44. The molecule has 0 saturated heterocycles. The number of fused-ring (bicyclic) bond motifs is 6. The summed E-state index contributed by atoms with van der Waals surface area (Å²) in [5, 5.41) is 14.1. The van der Waals surface area contributed by atoms with Crippen molar-refractivity contribution in [2.75, 3.05) is 13.6 Å². The largest absolute Gasteiger partial charge is 0.366 e. The second kappa shape index (κ2) is 4.36. The molecule has 7 heteroatoms. The summed E-state index contributed by atoms with van der Waals surface area (Å²) in [6.07, 6.45) is 7.90. The molecule has 0 saturated carbocycles. The maximum absolute atomic E-state index is 4.68. The molecule has 0 bridgehead atoms. The molecule has 0 aliphatic carbocycles. The summed E-state index contributed by atoms with van der Waals surface area (Å²) < 4.78 is 0. The normalized spacial score (nSPS) is 23.5. The van der Waals surface area contributed by atoms with Gasteiger partial charge < -0.3 is 10.3 Å². The van der Waals surface area contributed by atoms with E-state index >= 15 is 0 Å². The molecular formula is C14H19N7. The number of H-pyrrole nitrogens is 1. The minimum Gasteiger partial charge on any atom is -0.366 e. The van der Waals surface area contributed by atoms with Gasteiger partial charge in [-0.2, -0.15) is 0 Å². The number of hydrazone groups is 1. The smallest absolute Gasteiger partial charge is 0.198 e. The molecule has 21 heavy (non-hydrogen) atoms. The molecule has 7 nitrogen and oxygen atoms in total. The van der Waals surface area contributed by atoms with Crippen molar-refractivity contribution in [2.45, 2.75) is 19.8 Å². The second-order valence-electron chi connectivity index (χ2n) is 5.91. The van der Waals surface area contributed by atoms with Crippen LogP contribution in [0.2, 0.25) is 0 Å². The number of allylic oxidation sites excluding steroid dienone is 1. The Morgan fingerprint density at radius 2 is 2.24 bits per heavy atom. The minimum absolute atomic E-state index is 0.184. The van der Waals surface area contributed by atoms with E-state index in [-0.39, 0.29) is 5.92 Å². The molecule has 0 spiro atoms. The van der Waals surface area contributed by atoms with Gasteiger partial charge in [-0.05, 0) is 12.1 Å². The Morgan fingerprint density at radius 3 is 3.05 bits per heavy atom. The predicted molar refractivity (Wildman–Crippen MR) is 79.4 cm³/mol. The first-order valence-electron chi connectivity index (χ1n) is 7.23. The van der Waals surface area contributed by atoms with E-state index in [9.17, 15) is 0 Å². The second-order valence-corrected chi connectivity index (χ2v) is 5.91. The zero-order chi connectivity index (χ0) is 14.6. The molecule has 0 aromatic carbocycles. The Bertz CT molecular complexity index is 654. The lowest BCUT2D eigenvalue weighted by molar-refractivity contribution is -0.0996. The van der Waals surface area contributed by atoms with Crippen LogP contribution in [0, 0.1) is 5.92 Å². The van der Waals surface area contributed by atoms with Crippen LogP contribution in [0.3, 0.4) is 0 Å². The van der Waals surface area contributed by atoms with Gasteiger partial charge >= 0.3 is 0 Å². The molecule has 4 rings (SSSR count). The van der Waals surface area contributed by atoms with Crippen molar-refractivity contribution in [2.24, 2.45) is 11.0 Å². The fraction of sp³-hybridized carbons (Fsp3) is 0.429. The molecule has 110 valence electrons. The van der Waals surface area contributed by atoms with Crippen LogP contribution < -0.4 is 5.32 Å². The van der Waals surface area contributed by atoms with Crippen molar-refractivity contribution >= 4 is 5.84 Å². The Hall–Kier alpha value is -2.28. The summed E-state index contributed by atoms with van der Waals surface area (Å²) >= 11 is 0. The van der Waals surface area contributed by atoms with Crippen LogP contribution in [0.5, 0.6) is 0 Å². The topological polar surface area (TPSA) is 62.8 Å². The third kappa shape index (κ3) is 1.70. The molecule has 4 heterocycles. The van der Waals surface area contributed by atoms with Gasteiger partial charge in [0.1, 0.15) is 5.69 Å². The van der Waals surface area contributed by atoms with Crippen LogP contribution in [-0.4, -0.2) is 44.6 Å². The summed E-state index contributed by atoms with van der Waals surface area (Å²) in [5.74, 6) is 1.60. The molecule has 1 atom stereocenters. The maximum atomic E-state index is 4.68. The number of aromatic amines is 1. The number of aromatic nitrogens is 2. The first kappa shape index (κ1) is 12.5. The number of hydrogen-bond acceptors (Lipinski definition) is 6. The highest BCUT2D eigenvalue weighted by Crippen LogP contribution is 2.40. The maximum Gasteiger partial charge on any atom is 0.198 e. The fourth-order valence-corrected chi connectivity index (χ4v) is 3.03. The first-order valence-corrected chi connectivity index (χ1v) is 7.23. The van der Waals surface area contributed by atoms with E-state index in [2.05, 4.69) is 50.4 Å². The van der Waals surface area contributed by atoms with Crippen molar-refractivity contribution in [1.29, 1.82) is 0 Å². The third-order valence-electron chi connectivity index (χ3n) is 3.90.